The Morgan fingerprint density at radius 3 is 2.56 bits per heavy atom. The van der Waals surface area contributed by atoms with Crippen LogP contribution in [-0.2, 0) is 11.8 Å². The van der Waals surface area contributed by atoms with Crippen molar-refractivity contribution >= 4 is 11.3 Å². The van der Waals surface area contributed by atoms with Gasteiger partial charge in [0.1, 0.15) is 5.82 Å². The van der Waals surface area contributed by atoms with E-state index in [0.717, 1.165) is 24.5 Å². The van der Waals surface area contributed by atoms with Crippen LogP contribution in [0.2, 0.25) is 0 Å². The van der Waals surface area contributed by atoms with Gasteiger partial charge in [-0.15, -0.1) is 11.3 Å². The highest BCUT2D eigenvalue weighted by molar-refractivity contribution is 7.11. The minimum Gasteiger partial charge on any atom is -0.315 e. The van der Waals surface area contributed by atoms with Crippen molar-refractivity contribution in [2.75, 3.05) is 13.1 Å². The van der Waals surface area contributed by atoms with Crippen LogP contribution in [0.4, 0.5) is 4.39 Å². The van der Waals surface area contributed by atoms with Crippen molar-refractivity contribution in [2.45, 2.75) is 18.8 Å². The molecule has 94 valence electrons. The minimum absolute atomic E-state index is 0.118. The first-order chi connectivity index (χ1) is 8.68. The van der Waals surface area contributed by atoms with E-state index in [4.69, 9.17) is 0 Å². The van der Waals surface area contributed by atoms with Gasteiger partial charge in [-0.25, -0.2) is 9.37 Å². The molecule has 2 nitrogen and oxygen atoms in total. The molecule has 1 saturated heterocycles. The van der Waals surface area contributed by atoms with Crippen molar-refractivity contribution in [2.24, 2.45) is 0 Å². The fourth-order valence-corrected chi connectivity index (χ4v) is 3.42. The van der Waals surface area contributed by atoms with Gasteiger partial charge in [-0.2, -0.15) is 0 Å². The lowest BCUT2D eigenvalue weighted by Gasteiger charge is -2.43. The first-order valence-corrected chi connectivity index (χ1v) is 6.88. The molecule has 18 heavy (non-hydrogen) atoms. The molecule has 1 aromatic heterocycles. The van der Waals surface area contributed by atoms with Crippen LogP contribution in [0.5, 0.6) is 0 Å². The summed E-state index contributed by atoms with van der Waals surface area (Å²) in [4.78, 5) is 5.61. The molecule has 2 aromatic rings. The van der Waals surface area contributed by atoms with Gasteiger partial charge in [-0.1, -0.05) is 12.1 Å². The second kappa shape index (κ2) is 4.44. The molecule has 0 atom stereocenters. The number of hydrogen-bond acceptors (Lipinski definition) is 3. The van der Waals surface area contributed by atoms with Crippen molar-refractivity contribution in [1.82, 2.24) is 10.3 Å². The molecule has 0 bridgehead atoms. The average Bonchev–Trinajstić information content (AvgIpc) is 2.71. The van der Waals surface area contributed by atoms with Crippen molar-refractivity contribution in [3.05, 3.63) is 51.7 Å². The van der Waals surface area contributed by atoms with E-state index in [-0.39, 0.29) is 11.2 Å². The third-order valence-electron chi connectivity index (χ3n) is 3.57. The lowest BCUT2D eigenvalue weighted by atomic mass is 9.72. The maximum absolute atomic E-state index is 13.0. The number of rotatable bonds is 3. The number of benzene rings is 1. The van der Waals surface area contributed by atoms with Crippen LogP contribution in [0, 0.1) is 12.7 Å². The summed E-state index contributed by atoms with van der Waals surface area (Å²) < 4.78 is 13.0. The van der Waals surface area contributed by atoms with Crippen molar-refractivity contribution in [3.63, 3.8) is 0 Å². The van der Waals surface area contributed by atoms with Crippen LogP contribution in [0.15, 0.2) is 30.5 Å². The van der Waals surface area contributed by atoms with Crippen LogP contribution in [0.1, 0.15) is 15.4 Å². The van der Waals surface area contributed by atoms with Crippen molar-refractivity contribution in [1.29, 1.82) is 0 Å². The Morgan fingerprint density at radius 2 is 2.06 bits per heavy atom. The molecule has 0 radical (unpaired) electrons. The molecule has 1 aromatic carbocycles. The highest BCUT2D eigenvalue weighted by atomic mass is 32.1. The van der Waals surface area contributed by atoms with Gasteiger partial charge >= 0.3 is 0 Å². The quantitative estimate of drug-likeness (QED) is 0.920. The molecular weight excluding hydrogens is 247 g/mol. The summed E-state index contributed by atoms with van der Waals surface area (Å²) in [5.41, 5.74) is 1.33. The monoisotopic (exact) mass is 262 g/mol. The molecule has 3 rings (SSSR count). The second-order valence-corrected chi connectivity index (χ2v) is 6.23. The minimum atomic E-state index is -0.171. The number of nitrogens with one attached hydrogen (secondary N) is 1. The molecule has 0 unspecified atom stereocenters. The standard InChI is InChI=1S/C14H15FN2S/c1-10-17-7-13(18-10)6-14(8-16-9-14)11-2-4-12(15)5-3-11/h2-5,7,16H,6,8-9H2,1H3. The highest BCUT2D eigenvalue weighted by Crippen LogP contribution is 2.34. The Morgan fingerprint density at radius 1 is 1.33 bits per heavy atom. The summed E-state index contributed by atoms with van der Waals surface area (Å²) >= 11 is 1.75. The predicted octanol–water partition coefficient (Wildman–Crippen LogP) is 2.67. The summed E-state index contributed by atoms with van der Waals surface area (Å²) in [6.07, 6.45) is 2.95. The first kappa shape index (κ1) is 11.8. The number of halogens is 1. The van der Waals surface area contributed by atoms with E-state index in [0.29, 0.717) is 0 Å². The fourth-order valence-electron chi connectivity index (χ4n) is 2.48. The second-order valence-electron chi connectivity index (χ2n) is 4.91. The summed E-state index contributed by atoms with van der Waals surface area (Å²) in [6, 6.07) is 6.91. The maximum Gasteiger partial charge on any atom is 0.123 e. The van der Waals surface area contributed by atoms with E-state index in [9.17, 15) is 4.39 Å². The van der Waals surface area contributed by atoms with Gasteiger partial charge in [0.25, 0.3) is 0 Å². The molecule has 0 spiro atoms. The van der Waals surface area contributed by atoms with Crippen LogP contribution in [0.3, 0.4) is 0 Å². The van der Waals surface area contributed by atoms with E-state index >= 15 is 0 Å². The van der Waals surface area contributed by atoms with Gasteiger partial charge in [0.05, 0.1) is 5.01 Å². The number of hydrogen-bond donors (Lipinski definition) is 1. The van der Waals surface area contributed by atoms with Gasteiger partial charge < -0.3 is 5.32 Å². The largest absolute Gasteiger partial charge is 0.315 e. The van der Waals surface area contributed by atoms with Crippen LogP contribution in [-0.4, -0.2) is 18.1 Å². The Balaban J connectivity index is 1.88. The Bertz CT molecular complexity index is 543. The molecule has 1 N–H and O–H groups in total. The third-order valence-corrected chi connectivity index (χ3v) is 4.48. The fraction of sp³-hybridized carbons (Fsp3) is 0.357. The van der Waals surface area contributed by atoms with E-state index in [1.165, 1.54) is 10.4 Å². The summed E-state index contributed by atoms with van der Waals surface area (Å²) in [5, 5.41) is 4.44. The topological polar surface area (TPSA) is 24.9 Å². The predicted molar refractivity (Wildman–Crippen MR) is 71.5 cm³/mol. The SMILES string of the molecule is Cc1ncc(CC2(c3ccc(F)cc3)CNC2)s1. The molecule has 0 aliphatic carbocycles. The number of nitrogens with zero attached hydrogens (tertiary/aromatic N) is 1. The Labute approximate surface area is 110 Å². The molecule has 0 amide bonds. The van der Waals surface area contributed by atoms with Gasteiger partial charge in [0.15, 0.2) is 0 Å². The molecule has 4 heteroatoms. The van der Waals surface area contributed by atoms with Gasteiger partial charge in [-0.05, 0) is 31.0 Å². The zero-order chi connectivity index (χ0) is 12.6. The highest BCUT2D eigenvalue weighted by Gasteiger charge is 2.39. The maximum atomic E-state index is 13.0. The molecular formula is C14H15FN2S. The number of thiazole rings is 1. The summed E-state index contributed by atoms with van der Waals surface area (Å²) in [5.74, 6) is -0.171. The Kier molecular flexibility index (Phi) is 2.92. The zero-order valence-corrected chi connectivity index (χ0v) is 11.1. The van der Waals surface area contributed by atoms with Crippen molar-refractivity contribution in [3.8, 4) is 0 Å². The molecule has 2 heterocycles. The lowest BCUT2D eigenvalue weighted by molar-refractivity contribution is 0.276. The molecule has 1 aliphatic heterocycles. The van der Waals surface area contributed by atoms with E-state index in [2.05, 4.69) is 10.3 Å². The van der Waals surface area contributed by atoms with Crippen LogP contribution >= 0.6 is 11.3 Å². The molecule has 1 fully saturated rings. The normalized spacial score (nSPS) is 17.4. The summed E-state index contributed by atoms with van der Waals surface area (Å²) in [7, 11) is 0. The zero-order valence-electron chi connectivity index (χ0n) is 10.2. The van der Waals surface area contributed by atoms with Gasteiger partial charge in [0, 0.05) is 29.6 Å². The van der Waals surface area contributed by atoms with Crippen LogP contribution < -0.4 is 5.32 Å². The number of aryl methyl sites for hydroxylation is 1. The van der Waals surface area contributed by atoms with Crippen molar-refractivity contribution < 1.29 is 4.39 Å². The van der Waals surface area contributed by atoms with Crippen LogP contribution in [0.25, 0.3) is 0 Å². The lowest BCUT2D eigenvalue weighted by Crippen LogP contribution is -2.58. The van der Waals surface area contributed by atoms with Gasteiger partial charge in [-0.3, -0.25) is 0 Å². The Hall–Kier alpha value is -1.26. The number of aromatic nitrogens is 1. The first-order valence-electron chi connectivity index (χ1n) is 6.06. The smallest absolute Gasteiger partial charge is 0.123 e. The van der Waals surface area contributed by atoms with E-state index < -0.39 is 0 Å². The average molecular weight is 262 g/mol. The van der Waals surface area contributed by atoms with E-state index in [1.54, 1.807) is 23.5 Å². The van der Waals surface area contributed by atoms with Gasteiger partial charge in [0.2, 0.25) is 0 Å². The summed E-state index contributed by atoms with van der Waals surface area (Å²) in [6.45, 7) is 3.93. The van der Waals surface area contributed by atoms with E-state index in [1.807, 2.05) is 25.3 Å². The third kappa shape index (κ3) is 2.06. The molecule has 0 saturated carbocycles. The molecule has 1 aliphatic rings.